The molecule has 0 radical (unpaired) electrons. The third-order valence-electron chi connectivity index (χ3n) is 2.20. The molecule has 102 valence electrons. The Labute approximate surface area is 114 Å². The van der Waals surface area contributed by atoms with Crippen molar-refractivity contribution >= 4 is 18.6 Å². The van der Waals surface area contributed by atoms with Gasteiger partial charge in [-0.3, -0.25) is 4.79 Å². The molecule has 0 saturated carbocycles. The van der Waals surface area contributed by atoms with Crippen molar-refractivity contribution in [3.63, 3.8) is 0 Å². The first-order chi connectivity index (χ1) is 8.99. The lowest BCUT2D eigenvalue weighted by Gasteiger charge is -2.13. The lowest BCUT2D eigenvalue weighted by Crippen LogP contribution is -2.12. The third-order valence-corrected chi connectivity index (χ3v) is 2.57. The van der Waals surface area contributed by atoms with Crippen LogP contribution in [-0.4, -0.2) is 19.2 Å². The molecular formula is C12H11F2NO3S. The first kappa shape index (κ1) is 15.2. The maximum absolute atomic E-state index is 12.3. The first-order valence-corrected chi connectivity index (χ1v) is 5.79. The molecule has 1 aromatic rings. The number of ether oxygens (including phenoxy) is 2. The summed E-state index contributed by atoms with van der Waals surface area (Å²) >= 11 is 4.04. The standard InChI is InChI=1S/C12H11F2NO3S/c1-2-17-11(16)5-7-8(6-15)10(19)4-3-9(7)18-12(13)14/h3-4,12,19H,2,5H2,1H3. The van der Waals surface area contributed by atoms with E-state index in [2.05, 4.69) is 17.4 Å². The summed E-state index contributed by atoms with van der Waals surface area (Å²) in [6.45, 7) is -1.26. The number of alkyl halides is 2. The number of nitriles is 1. The largest absolute Gasteiger partial charge is 0.466 e. The summed E-state index contributed by atoms with van der Waals surface area (Å²) in [5, 5.41) is 9.01. The van der Waals surface area contributed by atoms with Crippen molar-refractivity contribution in [1.82, 2.24) is 0 Å². The van der Waals surface area contributed by atoms with Gasteiger partial charge < -0.3 is 9.47 Å². The van der Waals surface area contributed by atoms with Crippen LogP contribution in [0.4, 0.5) is 8.78 Å². The number of thiol groups is 1. The number of halogens is 2. The molecule has 0 aliphatic heterocycles. The van der Waals surface area contributed by atoms with E-state index in [1.807, 2.05) is 6.07 Å². The predicted molar refractivity (Wildman–Crippen MR) is 65.4 cm³/mol. The molecular weight excluding hydrogens is 276 g/mol. The highest BCUT2D eigenvalue weighted by Crippen LogP contribution is 2.29. The fourth-order valence-electron chi connectivity index (χ4n) is 1.48. The topological polar surface area (TPSA) is 59.3 Å². The summed E-state index contributed by atoms with van der Waals surface area (Å²) in [6.07, 6.45) is -0.326. The predicted octanol–water partition coefficient (Wildman–Crippen LogP) is 2.55. The fourth-order valence-corrected chi connectivity index (χ4v) is 1.74. The number of hydrogen-bond acceptors (Lipinski definition) is 5. The molecule has 4 nitrogen and oxygen atoms in total. The number of esters is 1. The van der Waals surface area contributed by atoms with Gasteiger partial charge in [-0.2, -0.15) is 14.0 Å². The minimum absolute atomic E-state index is 0.0227. The summed E-state index contributed by atoms with van der Waals surface area (Å²) < 4.78 is 33.6. The van der Waals surface area contributed by atoms with Gasteiger partial charge >= 0.3 is 12.6 Å². The van der Waals surface area contributed by atoms with E-state index in [4.69, 9.17) is 10.00 Å². The first-order valence-electron chi connectivity index (χ1n) is 5.35. The molecule has 19 heavy (non-hydrogen) atoms. The number of carbonyl (C=O) groups is 1. The van der Waals surface area contributed by atoms with E-state index < -0.39 is 12.6 Å². The molecule has 0 atom stereocenters. The van der Waals surface area contributed by atoms with E-state index in [1.54, 1.807) is 6.92 Å². The van der Waals surface area contributed by atoms with Gasteiger partial charge in [0.1, 0.15) is 11.8 Å². The molecule has 0 unspecified atom stereocenters. The van der Waals surface area contributed by atoms with Gasteiger partial charge in [0, 0.05) is 10.5 Å². The second-order valence-corrected chi connectivity index (χ2v) is 3.89. The van der Waals surface area contributed by atoms with Crippen LogP contribution in [0.1, 0.15) is 18.1 Å². The van der Waals surface area contributed by atoms with Crippen LogP contribution in [0, 0.1) is 11.3 Å². The second-order valence-electron chi connectivity index (χ2n) is 3.41. The molecule has 0 amide bonds. The minimum Gasteiger partial charge on any atom is -0.466 e. The van der Waals surface area contributed by atoms with E-state index in [-0.39, 0.29) is 34.8 Å². The van der Waals surface area contributed by atoms with Crippen molar-refractivity contribution in [3.05, 3.63) is 23.3 Å². The molecule has 1 aromatic carbocycles. The van der Waals surface area contributed by atoms with Gasteiger partial charge in [0.25, 0.3) is 0 Å². The minimum atomic E-state index is -3.04. The second kappa shape index (κ2) is 6.95. The average molecular weight is 287 g/mol. The summed E-state index contributed by atoms with van der Waals surface area (Å²) in [5.74, 6) is -0.852. The van der Waals surface area contributed by atoms with Crippen LogP contribution in [0.2, 0.25) is 0 Å². The highest BCUT2D eigenvalue weighted by atomic mass is 32.1. The van der Waals surface area contributed by atoms with E-state index in [0.29, 0.717) is 0 Å². The van der Waals surface area contributed by atoms with E-state index >= 15 is 0 Å². The van der Waals surface area contributed by atoms with Crippen LogP contribution in [0.3, 0.4) is 0 Å². The quantitative estimate of drug-likeness (QED) is 0.668. The monoisotopic (exact) mass is 287 g/mol. The van der Waals surface area contributed by atoms with Crippen LogP contribution >= 0.6 is 12.6 Å². The summed E-state index contributed by atoms with van der Waals surface area (Å²) in [4.78, 5) is 11.7. The van der Waals surface area contributed by atoms with E-state index in [1.165, 1.54) is 12.1 Å². The molecule has 0 aliphatic rings. The normalized spacial score (nSPS) is 10.1. The smallest absolute Gasteiger partial charge is 0.387 e. The summed E-state index contributed by atoms with van der Waals surface area (Å²) in [7, 11) is 0. The zero-order chi connectivity index (χ0) is 14.4. The Morgan fingerprint density at radius 3 is 2.74 bits per heavy atom. The van der Waals surface area contributed by atoms with Gasteiger partial charge in [-0.25, -0.2) is 0 Å². The molecule has 0 aliphatic carbocycles. The van der Waals surface area contributed by atoms with E-state index in [9.17, 15) is 13.6 Å². The number of hydrogen-bond donors (Lipinski definition) is 1. The Morgan fingerprint density at radius 1 is 1.53 bits per heavy atom. The SMILES string of the molecule is CCOC(=O)Cc1c(OC(F)F)ccc(S)c1C#N. The maximum atomic E-state index is 12.3. The van der Waals surface area contributed by atoms with Crippen LogP contribution in [-0.2, 0) is 16.0 Å². The number of carbonyl (C=O) groups excluding carboxylic acids is 1. The Bertz CT molecular complexity index is 514. The van der Waals surface area contributed by atoms with Crippen molar-refractivity contribution in [3.8, 4) is 11.8 Å². The average Bonchev–Trinajstić information content (AvgIpc) is 2.33. The number of nitrogens with zero attached hydrogens (tertiary/aromatic N) is 1. The van der Waals surface area contributed by atoms with E-state index in [0.717, 1.165) is 0 Å². The highest BCUT2D eigenvalue weighted by molar-refractivity contribution is 7.80. The van der Waals surface area contributed by atoms with Crippen molar-refractivity contribution in [2.75, 3.05) is 6.61 Å². The molecule has 0 spiro atoms. The molecule has 0 N–H and O–H groups in total. The lowest BCUT2D eigenvalue weighted by atomic mass is 10.0. The van der Waals surface area contributed by atoms with Gasteiger partial charge in [-0.05, 0) is 19.1 Å². The Hall–Kier alpha value is -1.81. The molecule has 0 saturated heterocycles. The number of rotatable bonds is 5. The maximum Gasteiger partial charge on any atom is 0.387 e. The van der Waals surface area contributed by atoms with Crippen LogP contribution in [0.5, 0.6) is 5.75 Å². The lowest BCUT2D eigenvalue weighted by molar-refractivity contribution is -0.142. The van der Waals surface area contributed by atoms with Crippen molar-refractivity contribution in [2.45, 2.75) is 24.9 Å². The summed E-state index contributed by atoms with van der Waals surface area (Å²) in [5.41, 5.74) is 0.0725. The molecule has 7 heteroatoms. The van der Waals surface area contributed by atoms with Crippen LogP contribution in [0.25, 0.3) is 0 Å². The van der Waals surface area contributed by atoms with Gasteiger partial charge in [-0.1, -0.05) is 0 Å². The van der Waals surface area contributed by atoms with Crippen LogP contribution < -0.4 is 4.74 Å². The Kier molecular flexibility index (Phi) is 5.57. The van der Waals surface area contributed by atoms with Gasteiger partial charge in [0.2, 0.25) is 0 Å². The fraction of sp³-hybridized carbons (Fsp3) is 0.333. The van der Waals surface area contributed by atoms with Crippen molar-refractivity contribution in [2.24, 2.45) is 0 Å². The number of benzene rings is 1. The van der Waals surface area contributed by atoms with Crippen LogP contribution in [0.15, 0.2) is 17.0 Å². The van der Waals surface area contributed by atoms with Gasteiger partial charge in [-0.15, -0.1) is 12.6 Å². The molecule has 0 aromatic heterocycles. The molecule has 0 bridgehead atoms. The Morgan fingerprint density at radius 2 is 2.21 bits per heavy atom. The molecule has 1 rings (SSSR count). The summed E-state index contributed by atoms with van der Waals surface area (Å²) in [6, 6.07) is 4.41. The molecule has 0 fully saturated rings. The zero-order valence-corrected chi connectivity index (χ0v) is 10.9. The zero-order valence-electron chi connectivity index (χ0n) is 10.0. The van der Waals surface area contributed by atoms with Gasteiger partial charge in [0.15, 0.2) is 0 Å². The Balaban J connectivity index is 3.18. The van der Waals surface area contributed by atoms with Crippen molar-refractivity contribution < 1.29 is 23.0 Å². The molecule has 0 heterocycles. The third kappa shape index (κ3) is 4.10. The highest BCUT2D eigenvalue weighted by Gasteiger charge is 2.19. The van der Waals surface area contributed by atoms with Gasteiger partial charge in [0.05, 0.1) is 18.6 Å². The van der Waals surface area contributed by atoms with Crippen molar-refractivity contribution in [1.29, 1.82) is 5.26 Å².